The van der Waals surface area contributed by atoms with Crippen molar-refractivity contribution in [3.05, 3.63) is 81.5 Å². The summed E-state index contributed by atoms with van der Waals surface area (Å²) in [4.78, 5) is 34.9. The number of aromatic nitrogens is 2. The molecule has 0 aliphatic carbocycles. The maximum absolute atomic E-state index is 12.3. The fraction of sp³-hybridized carbons (Fsp3) is 0.190. The van der Waals surface area contributed by atoms with Crippen LogP contribution in [0.25, 0.3) is 5.69 Å². The molecule has 0 atom stereocenters. The van der Waals surface area contributed by atoms with Gasteiger partial charge in [-0.2, -0.15) is 5.10 Å². The number of nitrogens with one attached hydrogen (secondary N) is 2. The fourth-order valence-corrected chi connectivity index (χ4v) is 2.92. The second-order valence-electron chi connectivity index (χ2n) is 6.73. The summed E-state index contributed by atoms with van der Waals surface area (Å²) in [6.07, 6.45) is 0.0854. The molecule has 0 bridgehead atoms. The van der Waals surface area contributed by atoms with Crippen LogP contribution in [-0.2, 0) is 4.79 Å². The van der Waals surface area contributed by atoms with Crippen LogP contribution in [0.5, 0.6) is 0 Å². The summed E-state index contributed by atoms with van der Waals surface area (Å²) >= 11 is 0. The first-order valence-corrected chi connectivity index (χ1v) is 9.30. The zero-order chi connectivity index (χ0) is 21.7. The first-order valence-electron chi connectivity index (χ1n) is 9.30. The molecule has 2 aromatic carbocycles. The lowest BCUT2D eigenvalue weighted by Gasteiger charge is -2.10. The minimum absolute atomic E-state index is 0.0300. The topological polar surface area (TPSA) is 119 Å². The molecule has 2 N–H and O–H groups in total. The monoisotopic (exact) mass is 407 g/mol. The van der Waals surface area contributed by atoms with Gasteiger partial charge in [0, 0.05) is 36.7 Å². The quantitative estimate of drug-likeness (QED) is 0.461. The van der Waals surface area contributed by atoms with E-state index >= 15 is 0 Å². The van der Waals surface area contributed by atoms with E-state index in [1.807, 2.05) is 19.1 Å². The van der Waals surface area contributed by atoms with Gasteiger partial charge in [-0.3, -0.25) is 19.7 Å². The molecule has 0 saturated heterocycles. The molecule has 0 aliphatic heterocycles. The Morgan fingerprint density at radius 2 is 1.80 bits per heavy atom. The third-order valence-electron chi connectivity index (χ3n) is 4.43. The molecule has 3 aromatic rings. The maximum atomic E-state index is 12.3. The third kappa shape index (κ3) is 4.88. The minimum Gasteiger partial charge on any atom is -0.352 e. The first-order chi connectivity index (χ1) is 14.3. The zero-order valence-corrected chi connectivity index (χ0v) is 16.6. The van der Waals surface area contributed by atoms with Crippen molar-refractivity contribution in [3.8, 4) is 5.69 Å². The first kappa shape index (κ1) is 20.7. The van der Waals surface area contributed by atoms with Crippen molar-refractivity contribution in [2.24, 2.45) is 0 Å². The molecule has 0 fully saturated rings. The smallest absolute Gasteiger partial charge is 0.269 e. The van der Waals surface area contributed by atoms with Crippen LogP contribution in [0.3, 0.4) is 0 Å². The summed E-state index contributed by atoms with van der Waals surface area (Å²) in [6.45, 7) is 3.81. The molecule has 154 valence electrons. The van der Waals surface area contributed by atoms with Gasteiger partial charge in [-0.25, -0.2) is 4.68 Å². The molecule has 9 nitrogen and oxygen atoms in total. The van der Waals surface area contributed by atoms with Crippen LogP contribution in [0.4, 0.5) is 11.5 Å². The molecule has 0 spiro atoms. The lowest BCUT2D eigenvalue weighted by Crippen LogP contribution is -2.28. The average Bonchev–Trinajstić information content (AvgIpc) is 3.08. The molecule has 30 heavy (non-hydrogen) atoms. The number of non-ortho nitro benzene ring substituents is 1. The van der Waals surface area contributed by atoms with Gasteiger partial charge < -0.3 is 10.6 Å². The van der Waals surface area contributed by atoms with Crippen LogP contribution in [0.2, 0.25) is 0 Å². The van der Waals surface area contributed by atoms with Gasteiger partial charge in [-0.05, 0) is 37.6 Å². The van der Waals surface area contributed by atoms with E-state index in [-0.39, 0.29) is 30.5 Å². The van der Waals surface area contributed by atoms with Crippen molar-refractivity contribution in [2.45, 2.75) is 20.3 Å². The molecular weight excluding hydrogens is 386 g/mol. The predicted octanol–water partition coefficient (Wildman–Crippen LogP) is 3.16. The van der Waals surface area contributed by atoms with E-state index in [0.717, 1.165) is 5.56 Å². The number of hydrogen-bond acceptors (Lipinski definition) is 5. The number of anilines is 1. The number of carbonyl (C=O) groups is 2. The zero-order valence-electron chi connectivity index (χ0n) is 16.6. The molecule has 2 amide bonds. The summed E-state index contributed by atoms with van der Waals surface area (Å²) in [7, 11) is 0. The van der Waals surface area contributed by atoms with Gasteiger partial charge in [0.15, 0.2) is 0 Å². The van der Waals surface area contributed by atoms with Gasteiger partial charge >= 0.3 is 0 Å². The van der Waals surface area contributed by atoms with Crippen LogP contribution in [-0.4, -0.2) is 33.1 Å². The number of nitrogens with zero attached hydrogens (tertiary/aromatic N) is 3. The Morgan fingerprint density at radius 3 is 2.47 bits per heavy atom. The predicted molar refractivity (Wildman–Crippen MR) is 112 cm³/mol. The van der Waals surface area contributed by atoms with E-state index in [0.29, 0.717) is 22.8 Å². The Bertz CT molecular complexity index is 1090. The SMILES string of the molecule is Cc1cc(NC(=O)CCNC(=O)c2ccccc2C)n(-c2ccc([N+](=O)[O-])cc2)n1. The second kappa shape index (κ2) is 8.99. The van der Waals surface area contributed by atoms with Crippen molar-refractivity contribution in [1.29, 1.82) is 0 Å². The van der Waals surface area contributed by atoms with Crippen molar-refractivity contribution in [3.63, 3.8) is 0 Å². The van der Waals surface area contributed by atoms with E-state index in [1.165, 1.54) is 16.8 Å². The molecule has 0 unspecified atom stereocenters. The Balaban J connectivity index is 1.61. The van der Waals surface area contributed by atoms with Gasteiger partial charge in [0.1, 0.15) is 5.82 Å². The summed E-state index contributed by atoms with van der Waals surface area (Å²) in [6, 6.07) is 14.8. The largest absolute Gasteiger partial charge is 0.352 e. The van der Waals surface area contributed by atoms with Crippen LogP contribution in [0, 0.1) is 24.0 Å². The van der Waals surface area contributed by atoms with Crippen molar-refractivity contribution in [2.75, 3.05) is 11.9 Å². The Labute approximate surface area is 172 Å². The summed E-state index contributed by atoms with van der Waals surface area (Å²) in [5, 5.41) is 20.7. The second-order valence-corrected chi connectivity index (χ2v) is 6.73. The molecule has 0 radical (unpaired) electrons. The fourth-order valence-electron chi connectivity index (χ4n) is 2.92. The van der Waals surface area contributed by atoms with Crippen LogP contribution < -0.4 is 10.6 Å². The highest BCUT2D eigenvalue weighted by Crippen LogP contribution is 2.20. The molecule has 9 heteroatoms. The standard InChI is InChI=1S/C21H21N5O4/c1-14-5-3-4-6-18(14)21(28)22-12-11-20(27)23-19-13-15(2)24-25(19)16-7-9-17(10-8-16)26(29)30/h3-10,13H,11-12H2,1-2H3,(H,22,28)(H,23,27). The van der Waals surface area contributed by atoms with Crippen molar-refractivity contribution >= 4 is 23.3 Å². The third-order valence-corrected chi connectivity index (χ3v) is 4.43. The number of rotatable bonds is 7. The van der Waals surface area contributed by atoms with E-state index in [4.69, 9.17) is 0 Å². The van der Waals surface area contributed by atoms with E-state index in [2.05, 4.69) is 15.7 Å². The normalized spacial score (nSPS) is 10.5. The lowest BCUT2D eigenvalue weighted by atomic mass is 10.1. The molecule has 3 rings (SSSR count). The molecule has 1 aromatic heterocycles. The van der Waals surface area contributed by atoms with Crippen LogP contribution in [0.15, 0.2) is 54.6 Å². The van der Waals surface area contributed by atoms with Gasteiger partial charge in [-0.15, -0.1) is 0 Å². The Morgan fingerprint density at radius 1 is 1.10 bits per heavy atom. The van der Waals surface area contributed by atoms with Gasteiger partial charge in [0.2, 0.25) is 5.91 Å². The van der Waals surface area contributed by atoms with E-state index in [9.17, 15) is 19.7 Å². The number of carbonyl (C=O) groups excluding carboxylic acids is 2. The summed E-state index contributed by atoms with van der Waals surface area (Å²) < 4.78 is 1.50. The van der Waals surface area contributed by atoms with Crippen LogP contribution in [0.1, 0.15) is 28.0 Å². The average molecular weight is 407 g/mol. The van der Waals surface area contributed by atoms with Gasteiger partial charge in [0.05, 0.1) is 16.3 Å². The van der Waals surface area contributed by atoms with Crippen LogP contribution >= 0.6 is 0 Å². The number of nitro groups is 1. The minimum atomic E-state index is -0.480. The number of amides is 2. The van der Waals surface area contributed by atoms with Crippen molar-refractivity contribution < 1.29 is 14.5 Å². The number of aryl methyl sites for hydroxylation is 2. The Hall–Kier alpha value is -4.01. The molecule has 1 heterocycles. The van der Waals surface area contributed by atoms with Gasteiger partial charge in [0.25, 0.3) is 11.6 Å². The lowest BCUT2D eigenvalue weighted by molar-refractivity contribution is -0.384. The number of nitro benzene ring substituents is 1. The molecular formula is C21H21N5O4. The van der Waals surface area contributed by atoms with E-state index in [1.54, 1.807) is 37.3 Å². The summed E-state index contributed by atoms with van der Waals surface area (Å²) in [5.41, 5.74) is 2.66. The van der Waals surface area contributed by atoms with Gasteiger partial charge in [-0.1, -0.05) is 18.2 Å². The number of hydrogen-bond donors (Lipinski definition) is 2. The summed E-state index contributed by atoms with van der Waals surface area (Å²) in [5.74, 6) is -0.0765. The maximum Gasteiger partial charge on any atom is 0.269 e. The highest BCUT2D eigenvalue weighted by molar-refractivity contribution is 5.96. The highest BCUT2D eigenvalue weighted by atomic mass is 16.6. The van der Waals surface area contributed by atoms with E-state index < -0.39 is 4.92 Å². The highest BCUT2D eigenvalue weighted by Gasteiger charge is 2.13. The number of benzene rings is 2. The molecule has 0 aliphatic rings. The van der Waals surface area contributed by atoms with Crippen molar-refractivity contribution in [1.82, 2.24) is 15.1 Å². The molecule has 0 saturated carbocycles. The Kier molecular flexibility index (Phi) is 6.21.